The van der Waals surface area contributed by atoms with E-state index in [0.717, 1.165) is 47.0 Å². The van der Waals surface area contributed by atoms with Crippen LogP contribution in [0.4, 0.5) is 0 Å². The van der Waals surface area contributed by atoms with Gasteiger partial charge in [0.15, 0.2) is 12.1 Å². The first kappa shape index (κ1) is 18.7. The third kappa shape index (κ3) is 4.75. The van der Waals surface area contributed by atoms with E-state index in [1.165, 1.54) is 0 Å². The fourth-order valence-electron chi connectivity index (χ4n) is 2.87. The minimum absolute atomic E-state index is 0.159. The third-order valence-corrected chi connectivity index (χ3v) is 5.09. The summed E-state index contributed by atoms with van der Waals surface area (Å²) in [7, 11) is 0. The number of nitrogens with zero attached hydrogens (tertiary/aromatic N) is 1. The van der Waals surface area contributed by atoms with Gasteiger partial charge in [0, 0.05) is 22.6 Å². The molecule has 0 bridgehead atoms. The average Bonchev–Trinajstić information content (AvgIpc) is 3.01. The molecule has 1 aliphatic rings. The second-order valence-corrected chi connectivity index (χ2v) is 7.48. The zero-order chi connectivity index (χ0) is 18.5. The van der Waals surface area contributed by atoms with Crippen LogP contribution < -0.4 is 0 Å². The molecule has 1 aromatic heterocycles. The summed E-state index contributed by atoms with van der Waals surface area (Å²) in [4.78, 5) is 28.4. The Bertz CT molecular complexity index is 795. The molecule has 7 heteroatoms. The molecular weight excluding hydrogens is 354 g/mol. The number of hydrogen-bond donors (Lipinski definition) is 1. The molecule has 3 rings (SSSR count). The van der Waals surface area contributed by atoms with Crippen LogP contribution >= 0.6 is 11.3 Å². The maximum Gasteiger partial charge on any atom is 0.311 e. The van der Waals surface area contributed by atoms with Crippen LogP contribution in [0.3, 0.4) is 0 Å². The Labute approximate surface area is 155 Å². The van der Waals surface area contributed by atoms with Gasteiger partial charge >= 0.3 is 5.97 Å². The average molecular weight is 375 g/mol. The molecule has 1 unspecified atom stereocenters. The molecule has 26 heavy (non-hydrogen) atoms. The van der Waals surface area contributed by atoms with Crippen molar-refractivity contribution in [3.05, 3.63) is 39.7 Å². The van der Waals surface area contributed by atoms with Gasteiger partial charge in [-0.1, -0.05) is 18.2 Å². The summed E-state index contributed by atoms with van der Waals surface area (Å²) >= 11 is 1.55. The highest BCUT2D eigenvalue weighted by molar-refractivity contribution is 7.12. The van der Waals surface area contributed by atoms with Crippen LogP contribution in [0.1, 0.15) is 45.9 Å². The van der Waals surface area contributed by atoms with Crippen molar-refractivity contribution in [3.63, 3.8) is 0 Å². The van der Waals surface area contributed by atoms with Crippen LogP contribution in [-0.2, 0) is 20.9 Å². The highest BCUT2D eigenvalue weighted by Crippen LogP contribution is 2.29. The van der Waals surface area contributed by atoms with E-state index in [2.05, 4.69) is 4.98 Å². The van der Waals surface area contributed by atoms with Crippen LogP contribution in [-0.4, -0.2) is 34.7 Å². The number of aryl methyl sites for hydroxylation is 1. The van der Waals surface area contributed by atoms with Gasteiger partial charge in [0.2, 0.25) is 0 Å². The largest absolute Gasteiger partial charge is 0.481 e. The Morgan fingerprint density at radius 1 is 1.38 bits per heavy atom. The third-order valence-electron chi connectivity index (χ3n) is 4.14. The van der Waals surface area contributed by atoms with Crippen molar-refractivity contribution in [2.75, 3.05) is 6.61 Å². The summed E-state index contributed by atoms with van der Waals surface area (Å²) in [6.45, 7) is 3.11. The van der Waals surface area contributed by atoms with E-state index in [-0.39, 0.29) is 6.29 Å². The lowest BCUT2D eigenvalue weighted by atomic mass is 10.0. The van der Waals surface area contributed by atoms with Gasteiger partial charge in [-0.25, -0.2) is 4.98 Å². The maximum absolute atomic E-state index is 12.0. The monoisotopic (exact) mass is 375 g/mol. The van der Waals surface area contributed by atoms with Gasteiger partial charge in [0.25, 0.3) is 0 Å². The van der Waals surface area contributed by atoms with Crippen LogP contribution in [0, 0.1) is 6.92 Å². The number of thiazole rings is 1. The van der Waals surface area contributed by atoms with Crippen LogP contribution in [0.5, 0.6) is 0 Å². The van der Waals surface area contributed by atoms with Crippen molar-refractivity contribution in [2.24, 2.45) is 0 Å². The lowest BCUT2D eigenvalue weighted by Crippen LogP contribution is -2.21. The number of aromatic nitrogens is 1. The molecule has 1 aliphatic heterocycles. The minimum atomic E-state index is -1.13. The molecule has 1 saturated heterocycles. The molecule has 0 aliphatic carbocycles. The van der Waals surface area contributed by atoms with Crippen molar-refractivity contribution in [1.82, 2.24) is 4.98 Å². The van der Waals surface area contributed by atoms with Gasteiger partial charge in [-0.15, -0.1) is 11.3 Å². The SMILES string of the molecule is Cc1sc(COC2CCCCO2)nc1-c1cccc(C(=O)CC(=O)O)c1. The number of rotatable bonds is 7. The number of carbonyl (C=O) groups excluding carboxylic acids is 1. The number of benzene rings is 1. The van der Waals surface area contributed by atoms with E-state index in [0.29, 0.717) is 12.2 Å². The molecule has 6 nitrogen and oxygen atoms in total. The van der Waals surface area contributed by atoms with E-state index in [4.69, 9.17) is 14.6 Å². The summed E-state index contributed by atoms with van der Waals surface area (Å²) in [5.74, 6) is -1.54. The molecule has 1 fully saturated rings. The van der Waals surface area contributed by atoms with Crippen molar-refractivity contribution >= 4 is 23.1 Å². The van der Waals surface area contributed by atoms with Crippen molar-refractivity contribution in [1.29, 1.82) is 0 Å². The molecule has 0 saturated carbocycles. The predicted octanol–water partition coefficient (Wildman–Crippen LogP) is 3.82. The number of hydrogen-bond acceptors (Lipinski definition) is 6. The lowest BCUT2D eigenvalue weighted by Gasteiger charge is -2.22. The normalized spacial score (nSPS) is 17.2. The molecule has 1 N–H and O–H groups in total. The zero-order valence-corrected chi connectivity index (χ0v) is 15.4. The molecule has 1 atom stereocenters. The molecular formula is C19H21NO5S. The molecule has 0 spiro atoms. The molecule has 138 valence electrons. The van der Waals surface area contributed by atoms with Gasteiger partial charge in [-0.3, -0.25) is 9.59 Å². The highest BCUT2D eigenvalue weighted by Gasteiger charge is 2.17. The van der Waals surface area contributed by atoms with E-state index < -0.39 is 18.2 Å². The Kier molecular flexibility index (Phi) is 6.13. The predicted molar refractivity (Wildman–Crippen MR) is 97.3 cm³/mol. The first-order valence-electron chi connectivity index (χ1n) is 8.58. The second kappa shape index (κ2) is 8.53. The molecule has 0 radical (unpaired) electrons. The topological polar surface area (TPSA) is 85.7 Å². The summed E-state index contributed by atoms with van der Waals surface area (Å²) in [5.41, 5.74) is 1.98. The number of carboxylic acids is 1. The molecule has 1 aromatic carbocycles. The standard InChI is InChI=1S/C19H21NO5S/c1-12-19(14-6-4-5-13(9-14)15(21)10-17(22)23)20-16(26-12)11-25-18-7-2-3-8-24-18/h4-6,9,18H,2-3,7-8,10-11H2,1H3,(H,22,23). The number of aliphatic carboxylic acids is 1. The van der Waals surface area contributed by atoms with Gasteiger partial charge in [-0.2, -0.15) is 0 Å². The first-order chi connectivity index (χ1) is 12.5. The molecule has 2 aromatic rings. The Balaban J connectivity index is 1.72. The molecule has 0 amide bonds. The summed E-state index contributed by atoms with van der Waals surface area (Å²) < 4.78 is 11.3. The Morgan fingerprint density at radius 2 is 2.23 bits per heavy atom. The van der Waals surface area contributed by atoms with Crippen molar-refractivity contribution in [2.45, 2.75) is 45.5 Å². The Morgan fingerprint density at radius 3 is 2.96 bits per heavy atom. The van der Waals surface area contributed by atoms with Gasteiger partial charge in [0.05, 0.1) is 5.69 Å². The van der Waals surface area contributed by atoms with Gasteiger partial charge in [0.1, 0.15) is 18.0 Å². The van der Waals surface area contributed by atoms with E-state index in [9.17, 15) is 9.59 Å². The van der Waals surface area contributed by atoms with E-state index >= 15 is 0 Å². The van der Waals surface area contributed by atoms with Crippen LogP contribution in [0.25, 0.3) is 11.3 Å². The van der Waals surface area contributed by atoms with Crippen molar-refractivity contribution in [3.8, 4) is 11.3 Å². The summed E-state index contributed by atoms with van der Waals surface area (Å²) in [6.07, 6.45) is 2.43. The first-order valence-corrected chi connectivity index (χ1v) is 9.39. The summed E-state index contributed by atoms with van der Waals surface area (Å²) in [5, 5.41) is 9.65. The van der Waals surface area contributed by atoms with Gasteiger partial charge < -0.3 is 14.6 Å². The number of ketones is 1. The van der Waals surface area contributed by atoms with E-state index in [1.807, 2.05) is 13.0 Å². The number of carbonyl (C=O) groups is 2. The zero-order valence-electron chi connectivity index (χ0n) is 14.6. The molecule has 2 heterocycles. The quantitative estimate of drug-likeness (QED) is 0.585. The number of Topliss-reactive ketones (excluding diaryl/α,β-unsaturated/α-hetero) is 1. The minimum Gasteiger partial charge on any atom is -0.481 e. The number of ether oxygens (including phenoxy) is 2. The smallest absolute Gasteiger partial charge is 0.311 e. The second-order valence-electron chi connectivity index (χ2n) is 6.19. The summed E-state index contributed by atoms with van der Waals surface area (Å²) in [6, 6.07) is 6.94. The fraction of sp³-hybridized carbons (Fsp3) is 0.421. The fourth-order valence-corrected chi connectivity index (χ4v) is 3.74. The van der Waals surface area contributed by atoms with Crippen LogP contribution in [0.15, 0.2) is 24.3 Å². The highest BCUT2D eigenvalue weighted by atomic mass is 32.1. The Hall–Kier alpha value is -2.09. The van der Waals surface area contributed by atoms with Crippen molar-refractivity contribution < 1.29 is 24.2 Å². The lowest BCUT2D eigenvalue weighted by molar-refractivity contribution is -0.168. The maximum atomic E-state index is 12.0. The van der Waals surface area contributed by atoms with E-state index in [1.54, 1.807) is 29.5 Å². The van der Waals surface area contributed by atoms with Gasteiger partial charge in [-0.05, 0) is 32.3 Å². The number of carboxylic acid groups (broad SMARTS) is 1. The van der Waals surface area contributed by atoms with Crippen LogP contribution in [0.2, 0.25) is 0 Å².